The van der Waals surface area contributed by atoms with E-state index in [1.54, 1.807) is 24.3 Å². The molecule has 2 heteroatoms. The predicted octanol–water partition coefficient (Wildman–Crippen LogP) is 3.31. The average Bonchev–Trinajstić information content (AvgIpc) is 2.88. The molecule has 0 saturated carbocycles. The molecule has 0 heterocycles. The Morgan fingerprint density at radius 3 is 2.53 bits per heavy atom. The molecule has 0 saturated heterocycles. The van der Waals surface area contributed by atoms with E-state index in [9.17, 15) is 9.90 Å². The van der Waals surface area contributed by atoms with Crippen molar-refractivity contribution in [3.8, 4) is 5.75 Å². The van der Waals surface area contributed by atoms with Crippen LogP contribution in [0.15, 0.2) is 42.5 Å². The molecule has 0 atom stereocenters. The molecule has 0 fully saturated rings. The van der Waals surface area contributed by atoms with E-state index in [0.717, 1.165) is 24.0 Å². The van der Waals surface area contributed by atoms with Gasteiger partial charge in [0.1, 0.15) is 5.75 Å². The van der Waals surface area contributed by atoms with E-state index in [1.807, 2.05) is 12.1 Å². The largest absolute Gasteiger partial charge is 0.508 e. The molecule has 1 aliphatic rings. The monoisotopic (exact) mass is 252 g/mol. The van der Waals surface area contributed by atoms with Crippen molar-refractivity contribution in [1.29, 1.82) is 0 Å². The normalized spacial score (nSPS) is 13.3. The first-order valence-electron chi connectivity index (χ1n) is 6.65. The van der Waals surface area contributed by atoms with Gasteiger partial charge in [-0.05, 0) is 54.2 Å². The van der Waals surface area contributed by atoms with Crippen LogP contribution in [0.3, 0.4) is 0 Å². The second kappa shape index (κ2) is 4.88. The van der Waals surface area contributed by atoms with Gasteiger partial charge in [0.25, 0.3) is 0 Å². The lowest BCUT2D eigenvalue weighted by molar-refractivity contribution is 0.0993. The second-order valence-electron chi connectivity index (χ2n) is 5.10. The van der Waals surface area contributed by atoms with Crippen LogP contribution in [0.25, 0.3) is 0 Å². The minimum atomic E-state index is 0.139. The van der Waals surface area contributed by atoms with Gasteiger partial charge in [-0.2, -0.15) is 0 Å². The number of benzene rings is 2. The van der Waals surface area contributed by atoms with Crippen LogP contribution >= 0.6 is 0 Å². The Morgan fingerprint density at radius 2 is 1.74 bits per heavy atom. The maximum Gasteiger partial charge on any atom is 0.167 e. The Balaban J connectivity index is 1.78. The van der Waals surface area contributed by atoms with Crippen LogP contribution in [0.4, 0.5) is 0 Å². The van der Waals surface area contributed by atoms with Crippen LogP contribution in [0.2, 0.25) is 0 Å². The first-order valence-corrected chi connectivity index (χ1v) is 6.65. The van der Waals surface area contributed by atoms with E-state index in [1.165, 1.54) is 17.5 Å². The highest BCUT2D eigenvalue weighted by molar-refractivity contribution is 5.97. The maximum absolute atomic E-state index is 12.2. The van der Waals surface area contributed by atoms with Crippen LogP contribution in [0, 0.1) is 0 Å². The third-order valence-electron chi connectivity index (χ3n) is 3.72. The molecule has 19 heavy (non-hydrogen) atoms. The Hall–Kier alpha value is -2.09. The molecular weight excluding hydrogens is 236 g/mol. The molecule has 3 rings (SSSR count). The lowest BCUT2D eigenvalue weighted by Crippen LogP contribution is -2.04. The van der Waals surface area contributed by atoms with Crippen LogP contribution in [0.5, 0.6) is 5.75 Å². The van der Waals surface area contributed by atoms with Crippen LogP contribution < -0.4 is 0 Å². The van der Waals surface area contributed by atoms with Crippen LogP contribution in [-0.2, 0) is 19.3 Å². The fraction of sp³-hybridized carbons (Fsp3) is 0.235. The quantitative estimate of drug-likeness (QED) is 0.851. The average molecular weight is 252 g/mol. The summed E-state index contributed by atoms with van der Waals surface area (Å²) in [4.78, 5) is 12.2. The SMILES string of the molecule is O=C(Cc1ccc(O)cc1)c1ccc2c(c1)CCC2. The first kappa shape index (κ1) is 12.0. The molecule has 1 aliphatic carbocycles. The molecule has 0 aliphatic heterocycles. The summed E-state index contributed by atoms with van der Waals surface area (Å²) in [6.45, 7) is 0. The van der Waals surface area contributed by atoms with Gasteiger partial charge in [-0.15, -0.1) is 0 Å². The molecule has 0 aromatic heterocycles. The minimum Gasteiger partial charge on any atom is -0.508 e. The highest BCUT2D eigenvalue weighted by atomic mass is 16.3. The Kier molecular flexibility index (Phi) is 3.08. The van der Waals surface area contributed by atoms with Gasteiger partial charge in [0, 0.05) is 12.0 Å². The molecular formula is C17H16O2. The fourth-order valence-corrected chi connectivity index (χ4v) is 2.65. The van der Waals surface area contributed by atoms with Crippen LogP contribution in [-0.4, -0.2) is 10.9 Å². The fourth-order valence-electron chi connectivity index (χ4n) is 2.65. The minimum absolute atomic E-state index is 0.139. The summed E-state index contributed by atoms with van der Waals surface area (Å²) in [6.07, 6.45) is 3.82. The van der Waals surface area contributed by atoms with Crippen molar-refractivity contribution in [2.24, 2.45) is 0 Å². The van der Waals surface area contributed by atoms with Gasteiger partial charge in [0.2, 0.25) is 0 Å². The van der Waals surface area contributed by atoms with Crippen molar-refractivity contribution < 1.29 is 9.90 Å². The highest BCUT2D eigenvalue weighted by Gasteiger charge is 2.14. The van der Waals surface area contributed by atoms with Crippen molar-refractivity contribution in [3.05, 3.63) is 64.7 Å². The molecule has 2 aromatic rings. The van der Waals surface area contributed by atoms with Gasteiger partial charge in [0.05, 0.1) is 0 Å². The van der Waals surface area contributed by atoms with Crippen molar-refractivity contribution >= 4 is 5.78 Å². The number of carbonyl (C=O) groups excluding carboxylic acids is 1. The maximum atomic E-state index is 12.2. The summed E-state index contributed by atoms with van der Waals surface area (Å²) >= 11 is 0. The van der Waals surface area contributed by atoms with Crippen molar-refractivity contribution in [2.75, 3.05) is 0 Å². The number of ketones is 1. The van der Waals surface area contributed by atoms with Crippen molar-refractivity contribution in [3.63, 3.8) is 0 Å². The smallest absolute Gasteiger partial charge is 0.167 e. The summed E-state index contributed by atoms with van der Waals surface area (Å²) in [6, 6.07) is 12.9. The molecule has 0 bridgehead atoms. The number of fused-ring (bicyclic) bond motifs is 1. The van der Waals surface area contributed by atoms with Crippen molar-refractivity contribution in [1.82, 2.24) is 0 Å². The summed E-state index contributed by atoms with van der Waals surface area (Å²) in [5.41, 5.74) is 4.45. The van der Waals surface area contributed by atoms with E-state index in [4.69, 9.17) is 0 Å². The molecule has 2 nitrogen and oxygen atoms in total. The summed E-state index contributed by atoms with van der Waals surface area (Å²) in [5, 5.41) is 9.23. The topological polar surface area (TPSA) is 37.3 Å². The Bertz CT molecular complexity index is 612. The Labute approximate surface area is 112 Å². The van der Waals surface area contributed by atoms with E-state index < -0.39 is 0 Å². The lowest BCUT2D eigenvalue weighted by Gasteiger charge is -2.05. The van der Waals surface area contributed by atoms with E-state index in [2.05, 4.69) is 6.07 Å². The predicted molar refractivity (Wildman–Crippen MR) is 74.6 cm³/mol. The molecule has 2 aromatic carbocycles. The second-order valence-corrected chi connectivity index (χ2v) is 5.10. The van der Waals surface area contributed by atoms with E-state index in [0.29, 0.717) is 6.42 Å². The number of hydrogen-bond donors (Lipinski definition) is 1. The lowest BCUT2D eigenvalue weighted by atomic mass is 9.99. The standard InChI is InChI=1S/C17H16O2/c18-16-8-4-12(5-9-16)10-17(19)15-7-6-13-2-1-3-14(13)11-15/h4-9,11,18H,1-3,10H2. The van der Waals surface area contributed by atoms with E-state index >= 15 is 0 Å². The number of phenols is 1. The van der Waals surface area contributed by atoms with E-state index in [-0.39, 0.29) is 11.5 Å². The molecule has 1 N–H and O–H groups in total. The number of phenolic OH excluding ortho intramolecular Hbond substituents is 1. The molecule has 0 amide bonds. The number of Topliss-reactive ketones (excluding diaryl/α,β-unsaturated/α-hetero) is 1. The van der Waals surface area contributed by atoms with Gasteiger partial charge in [0.15, 0.2) is 5.78 Å². The zero-order valence-corrected chi connectivity index (χ0v) is 10.7. The van der Waals surface area contributed by atoms with Gasteiger partial charge in [-0.1, -0.05) is 24.3 Å². The highest BCUT2D eigenvalue weighted by Crippen LogP contribution is 2.23. The third-order valence-corrected chi connectivity index (χ3v) is 3.72. The number of aromatic hydroxyl groups is 1. The molecule has 0 spiro atoms. The Morgan fingerprint density at radius 1 is 1.00 bits per heavy atom. The first-order chi connectivity index (χ1) is 9.22. The van der Waals surface area contributed by atoms with Gasteiger partial charge in [-0.25, -0.2) is 0 Å². The van der Waals surface area contributed by atoms with Crippen molar-refractivity contribution in [2.45, 2.75) is 25.7 Å². The number of hydrogen-bond acceptors (Lipinski definition) is 2. The zero-order chi connectivity index (χ0) is 13.2. The summed E-state index contributed by atoms with van der Waals surface area (Å²) < 4.78 is 0. The van der Waals surface area contributed by atoms with Gasteiger partial charge >= 0.3 is 0 Å². The molecule has 0 unspecified atom stereocenters. The third kappa shape index (κ3) is 2.53. The molecule has 0 radical (unpaired) electrons. The number of rotatable bonds is 3. The number of aryl methyl sites for hydroxylation is 2. The molecule has 96 valence electrons. The number of carbonyl (C=O) groups is 1. The van der Waals surface area contributed by atoms with Gasteiger partial charge in [-0.3, -0.25) is 4.79 Å². The summed E-state index contributed by atoms with van der Waals surface area (Å²) in [5.74, 6) is 0.370. The zero-order valence-electron chi connectivity index (χ0n) is 10.7. The van der Waals surface area contributed by atoms with Crippen LogP contribution in [0.1, 0.15) is 33.5 Å². The summed E-state index contributed by atoms with van der Waals surface area (Å²) in [7, 11) is 0. The van der Waals surface area contributed by atoms with Gasteiger partial charge < -0.3 is 5.11 Å².